The number of rotatable bonds is 8. The van der Waals surface area contributed by atoms with Gasteiger partial charge in [0, 0.05) is 23.5 Å². The number of nitrogens with one attached hydrogen (secondary N) is 3. The number of hydrogen-bond donors (Lipinski definition) is 3. The number of halogens is 1. The Balaban J connectivity index is 0.00000364. The van der Waals surface area contributed by atoms with Crippen molar-refractivity contribution in [2.24, 2.45) is 4.99 Å². The number of benzene rings is 1. The lowest BCUT2D eigenvalue weighted by Gasteiger charge is -2.11. The van der Waals surface area contributed by atoms with Crippen LogP contribution in [0.15, 0.2) is 40.7 Å². The second-order valence-electron chi connectivity index (χ2n) is 6.07. The first kappa shape index (κ1) is 23.4. The van der Waals surface area contributed by atoms with Crippen LogP contribution in [-0.2, 0) is 17.9 Å². The first-order valence-electron chi connectivity index (χ1n) is 9.06. The number of guanidine groups is 1. The van der Waals surface area contributed by atoms with Gasteiger partial charge in [-0.15, -0.1) is 35.3 Å². The van der Waals surface area contributed by atoms with Crippen LogP contribution in [0, 0.1) is 6.92 Å². The fraction of sp³-hybridized carbons (Fsp3) is 0.400. The Labute approximate surface area is 183 Å². The van der Waals surface area contributed by atoms with E-state index >= 15 is 0 Å². The molecule has 0 saturated carbocycles. The van der Waals surface area contributed by atoms with E-state index in [4.69, 9.17) is 0 Å². The smallest absolute Gasteiger partial charge is 0.224 e. The molecular weight excluding hydrogens is 471 g/mol. The summed E-state index contributed by atoms with van der Waals surface area (Å²) < 4.78 is 0. The van der Waals surface area contributed by atoms with Gasteiger partial charge in [-0.05, 0) is 55.0 Å². The average molecular weight is 500 g/mol. The lowest BCUT2D eigenvalue weighted by molar-refractivity contribution is -0.116. The molecule has 7 heteroatoms. The third kappa shape index (κ3) is 8.30. The highest BCUT2D eigenvalue weighted by molar-refractivity contribution is 14.0. The zero-order valence-electron chi connectivity index (χ0n) is 16.2. The zero-order chi connectivity index (χ0) is 18.8. The molecule has 1 amide bonds. The highest BCUT2D eigenvalue weighted by Crippen LogP contribution is 2.15. The van der Waals surface area contributed by atoms with Crippen LogP contribution in [-0.4, -0.2) is 18.4 Å². The maximum atomic E-state index is 11.7. The molecule has 0 radical (unpaired) electrons. The van der Waals surface area contributed by atoms with Gasteiger partial charge in [0.05, 0.1) is 13.1 Å². The summed E-state index contributed by atoms with van der Waals surface area (Å²) in [5, 5.41) is 11.7. The predicted molar refractivity (Wildman–Crippen MR) is 126 cm³/mol. The fourth-order valence-corrected chi connectivity index (χ4v) is 3.31. The lowest BCUT2D eigenvalue weighted by atomic mass is 10.2. The minimum absolute atomic E-state index is 0. The summed E-state index contributed by atoms with van der Waals surface area (Å²) in [5.41, 5.74) is 3.18. The first-order valence-corrected chi connectivity index (χ1v) is 9.94. The van der Waals surface area contributed by atoms with E-state index in [2.05, 4.69) is 46.2 Å². The molecule has 2 aromatic rings. The third-order valence-corrected chi connectivity index (χ3v) is 4.86. The summed E-state index contributed by atoms with van der Waals surface area (Å²) in [6.45, 7) is 8.30. The van der Waals surface area contributed by atoms with Crippen molar-refractivity contribution in [2.75, 3.05) is 11.9 Å². The van der Waals surface area contributed by atoms with Crippen molar-refractivity contribution in [3.63, 3.8) is 0 Å². The van der Waals surface area contributed by atoms with E-state index in [0.717, 1.165) is 36.7 Å². The number of hydrogen-bond acceptors (Lipinski definition) is 3. The topological polar surface area (TPSA) is 65.5 Å². The standard InChI is InChI=1S/C20H28N4OS.HI/c1-4-7-19(25)24-17-9-6-8-16(12-17)13-22-20(21-5-2)23-14-18-15(3)10-11-26-18;/h6,8-12H,4-5,7,13-14H2,1-3H3,(H,24,25)(H2,21,22,23);1H. The van der Waals surface area contributed by atoms with Gasteiger partial charge in [0.2, 0.25) is 5.91 Å². The van der Waals surface area contributed by atoms with E-state index in [0.29, 0.717) is 13.0 Å². The molecule has 0 bridgehead atoms. The van der Waals surface area contributed by atoms with E-state index in [9.17, 15) is 4.79 Å². The molecule has 0 aliphatic rings. The summed E-state index contributed by atoms with van der Waals surface area (Å²) in [4.78, 5) is 17.7. The van der Waals surface area contributed by atoms with Gasteiger partial charge in [0.25, 0.3) is 0 Å². The van der Waals surface area contributed by atoms with Crippen LogP contribution in [0.2, 0.25) is 0 Å². The number of anilines is 1. The van der Waals surface area contributed by atoms with Crippen LogP contribution < -0.4 is 16.0 Å². The monoisotopic (exact) mass is 500 g/mol. The number of carbonyl (C=O) groups is 1. The number of thiophene rings is 1. The van der Waals surface area contributed by atoms with Crippen molar-refractivity contribution in [1.82, 2.24) is 10.6 Å². The molecule has 0 spiro atoms. The molecule has 0 saturated heterocycles. The summed E-state index contributed by atoms with van der Waals surface area (Å²) in [7, 11) is 0. The SMILES string of the molecule is CCCC(=O)Nc1cccc(CN=C(NCC)NCc2sccc2C)c1.I. The van der Waals surface area contributed by atoms with E-state index in [1.54, 1.807) is 11.3 Å². The van der Waals surface area contributed by atoms with Crippen LogP contribution in [0.3, 0.4) is 0 Å². The van der Waals surface area contributed by atoms with Crippen molar-refractivity contribution < 1.29 is 4.79 Å². The number of carbonyl (C=O) groups excluding carboxylic acids is 1. The Morgan fingerprint density at radius 3 is 2.67 bits per heavy atom. The van der Waals surface area contributed by atoms with Crippen molar-refractivity contribution in [3.05, 3.63) is 51.7 Å². The van der Waals surface area contributed by atoms with E-state index in [-0.39, 0.29) is 29.9 Å². The maximum Gasteiger partial charge on any atom is 0.224 e. The second-order valence-corrected chi connectivity index (χ2v) is 7.07. The van der Waals surface area contributed by atoms with Crippen molar-refractivity contribution in [1.29, 1.82) is 0 Å². The molecule has 27 heavy (non-hydrogen) atoms. The Hall–Kier alpha value is -1.61. The molecule has 0 aliphatic carbocycles. The van der Waals surface area contributed by atoms with Gasteiger partial charge in [-0.1, -0.05) is 19.1 Å². The highest BCUT2D eigenvalue weighted by atomic mass is 127. The van der Waals surface area contributed by atoms with Gasteiger partial charge in [-0.25, -0.2) is 4.99 Å². The van der Waals surface area contributed by atoms with Crippen molar-refractivity contribution >= 4 is 52.9 Å². The Kier molecular flexibility index (Phi) is 11.0. The predicted octanol–water partition coefficient (Wildman–Crippen LogP) is 4.67. The highest BCUT2D eigenvalue weighted by Gasteiger charge is 2.04. The van der Waals surface area contributed by atoms with Gasteiger partial charge in [-0.2, -0.15) is 0 Å². The average Bonchev–Trinajstić information content (AvgIpc) is 3.03. The van der Waals surface area contributed by atoms with Crippen LogP contribution in [0.1, 0.15) is 42.7 Å². The van der Waals surface area contributed by atoms with Crippen molar-refractivity contribution in [2.45, 2.75) is 46.7 Å². The van der Waals surface area contributed by atoms with Crippen LogP contribution >= 0.6 is 35.3 Å². The van der Waals surface area contributed by atoms with Gasteiger partial charge < -0.3 is 16.0 Å². The molecule has 0 aliphatic heterocycles. The summed E-state index contributed by atoms with van der Waals surface area (Å²) in [6, 6.07) is 9.98. The van der Waals surface area contributed by atoms with Crippen LogP contribution in [0.4, 0.5) is 5.69 Å². The summed E-state index contributed by atoms with van der Waals surface area (Å²) in [6.07, 6.45) is 1.39. The quantitative estimate of drug-likeness (QED) is 0.281. The Bertz CT molecular complexity index is 745. The van der Waals surface area contributed by atoms with Gasteiger partial charge in [0.1, 0.15) is 0 Å². The first-order chi connectivity index (χ1) is 12.6. The molecule has 0 unspecified atom stereocenters. The largest absolute Gasteiger partial charge is 0.357 e. The van der Waals surface area contributed by atoms with Gasteiger partial charge >= 0.3 is 0 Å². The molecule has 3 N–H and O–H groups in total. The number of aliphatic imine (C=N–C) groups is 1. The van der Waals surface area contributed by atoms with Crippen LogP contribution in [0.25, 0.3) is 0 Å². The summed E-state index contributed by atoms with van der Waals surface area (Å²) in [5.74, 6) is 0.843. The van der Waals surface area contributed by atoms with Crippen LogP contribution in [0.5, 0.6) is 0 Å². The normalized spacial score (nSPS) is 10.9. The molecule has 1 heterocycles. The zero-order valence-corrected chi connectivity index (χ0v) is 19.3. The number of nitrogens with zero attached hydrogens (tertiary/aromatic N) is 1. The van der Waals surface area contributed by atoms with E-state index < -0.39 is 0 Å². The lowest BCUT2D eigenvalue weighted by Crippen LogP contribution is -2.36. The number of aryl methyl sites for hydroxylation is 1. The molecule has 148 valence electrons. The minimum atomic E-state index is 0. The molecule has 5 nitrogen and oxygen atoms in total. The van der Waals surface area contributed by atoms with E-state index in [1.807, 2.05) is 31.2 Å². The number of amides is 1. The van der Waals surface area contributed by atoms with E-state index in [1.165, 1.54) is 10.4 Å². The minimum Gasteiger partial charge on any atom is -0.357 e. The third-order valence-electron chi connectivity index (χ3n) is 3.84. The molecule has 1 aromatic heterocycles. The molecule has 0 fully saturated rings. The Morgan fingerprint density at radius 1 is 1.19 bits per heavy atom. The summed E-state index contributed by atoms with van der Waals surface area (Å²) >= 11 is 1.75. The molecule has 0 atom stereocenters. The van der Waals surface area contributed by atoms with Gasteiger partial charge in [0.15, 0.2) is 5.96 Å². The van der Waals surface area contributed by atoms with Gasteiger partial charge in [-0.3, -0.25) is 4.79 Å². The Morgan fingerprint density at radius 2 is 2.00 bits per heavy atom. The molecule has 2 rings (SSSR count). The second kappa shape index (κ2) is 12.7. The fourth-order valence-electron chi connectivity index (χ4n) is 2.46. The van der Waals surface area contributed by atoms with Crippen molar-refractivity contribution in [3.8, 4) is 0 Å². The molecule has 1 aromatic carbocycles. The molecular formula is C20H29IN4OS. The maximum absolute atomic E-state index is 11.7.